The lowest BCUT2D eigenvalue weighted by molar-refractivity contribution is 0.271. The van der Waals surface area contributed by atoms with Crippen LogP contribution >= 0.6 is 46.1 Å². The van der Waals surface area contributed by atoms with E-state index in [-0.39, 0.29) is 6.61 Å². The summed E-state index contributed by atoms with van der Waals surface area (Å²) in [6.07, 6.45) is 0. The fourth-order valence-electron chi connectivity index (χ4n) is 2.20. The molecule has 0 atom stereocenters. The van der Waals surface area contributed by atoms with Crippen LogP contribution in [-0.2, 0) is 6.61 Å². The number of nitrogens with zero attached hydrogens (tertiary/aromatic N) is 2. The van der Waals surface area contributed by atoms with Gasteiger partial charge in [0.15, 0.2) is 11.5 Å². The smallest absolute Gasteiger partial charge is 0.283 e. The topological polar surface area (TPSA) is 61.3 Å². The van der Waals surface area contributed by atoms with Gasteiger partial charge in [0.2, 0.25) is 0 Å². The average Bonchev–Trinajstić information content (AvgIpc) is 3.34. The van der Waals surface area contributed by atoms with Gasteiger partial charge >= 0.3 is 0 Å². The maximum Gasteiger partial charge on any atom is 0.283 e. The minimum atomic E-state index is 0.132. The molecule has 1 aromatic carbocycles. The van der Waals surface area contributed by atoms with E-state index in [1.807, 2.05) is 17.5 Å². The van der Waals surface area contributed by atoms with Crippen LogP contribution in [0.3, 0.4) is 0 Å². The standard InChI is InChI=1S/C17H9Cl3N2O3S/c18-9-6-11(19)15(12(20)7-9)23-8-10-3-4-13(24-10)16-21-22-17(25-16)14-2-1-5-26-14/h1-7H,8H2. The molecule has 0 aliphatic rings. The first-order valence-corrected chi connectivity index (χ1v) is 9.35. The molecule has 0 bridgehead atoms. The van der Waals surface area contributed by atoms with Crippen LogP contribution in [0.5, 0.6) is 5.75 Å². The van der Waals surface area contributed by atoms with Crippen LogP contribution in [0.25, 0.3) is 22.4 Å². The second kappa shape index (κ2) is 7.32. The Kier molecular flexibility index (Phi) is 4.91. The second-order valence-corrected chi connectivity index (χ2v) is 7.34. The van der Waals surface area contributed by atoms with Crippen molar-refractivity contribution in [2.24, 2.45) is 0 Å². The van der Waals surface area contributed by atoms with Gasteiger partial charge < -0.3 is 13.6 Å². The number of rotatable bonds is 5. The highest BCUT2D eigenvalue weighted by atomic mass is 35.5. The Morgan fingerprint density at radius 1 is 0.962 bits per heavy atom. The highest BCUT2D eigenvalue weighted by Crippen LogP contribution is 2.36. The lowest BCUT2D eigenvalue weighted by Crippen LogP contribution is -1.95. The van der Waals surface area contributed by atoms with Crippen molar-refractivity contribution in [1.82, 2.24) is 10.2 Å². The predicted molar refractivity (Wildman–Crippen MR) is 101 cm³/mol. The molecule has 0 spiro atoms. The molecule has 0 amide bonds. The molecule has 0 aliphatic carbocycles. The summed E-state index contributed by atoms with van der Waals surface area (Å²) in [7, 11) is 0. The van der Waals surface area contributed by atoms with E-state index >= 15 is 0 Å². The van der Waals surface area contributed by atoms with Gasteiger partial charge in [-0.3, -0.25) is 0 Å². The number of hydrogen-bond acceptors (Lipinski definition) is 6. The molecule has 9 heteroatoms. The van der Waals surface area contributed by atoms with E-state index in [9.17, 15) is 0 Å². The van der Waals surface area contributed by atoms with Crippen LogP contribution in [0.15, 0.2) is 50.6 Å². The molecule has 4 aromatic rings. The summed E-state index contributed by atoms with van der Waals surface area (Å²) in [5.74, 6) is 2.09. The fourth-order valence-corrected chi connectivity index (χ4v) is 3.77. The van der Waals surface area contributed by atoms with E-state index in [4.69, 9.17) is 48.4 Å². The van der Waals surface area contributed by atoms with Crippen molar-refractivity contribution in [3.63, 3.8) is 0 Å². The first-order valence-electron chi connectivity index (χ1n) is 7.34. The summed E-state index contributed by atoms with van der Waals surface area (Å²) >= 11 is 19.6. The van der Waals surface area contributed by atoms with Gasteiger partial charge in [-0.05, 0) is 35.7 Å². The number of halogens is 3. The van der Waals surface area contributed by atoms with Crippen molar-refractivity contribution in [2.45, 2.75) is 6.61 Å². The lowest BCUT2D eigenvalue weighted by atomic mass is 10.3. The molecular weight excluding hydrogens is 419 g/mol. The van der Waals surface area contributed by atoms with Crippen molar-refractivity contribution in [3.8, 4) is 28.2 Å². The highest BCUT2D eigenvalue weighted by Gasteiger charge is 2.16. The summed E-state index contributed by atoms with van der Waals surface area (Å²) in [6.45, 7) is 0.132. The van der Waals surface area contributed by atoms with Gasteiger partial charge in [0.1, 0.15) is 12.4 Å². The van der Waals surface area contributed by atoms with Gasteiger partial charge in [-0.2, -0.15) is 0 Å². The molecule has 0 N–H and O–H groups in total. The second-order valence-electron chi connectivity index (χ2n) is 5.14. The summed E-state index contributed by atoms with van der Waals surface area (Å²) in [5.41, 5.74) is 0. The summed E-state index contributed by atoms with van der Waals surface area (Å²) in [6, 6.07) is 10.4. The molecule has 0 saturated carbocycles. The number of furan rings is 1. The van der Waals surface area contributed by atoms with Gasteiger partial charge in [0.25, 0.3) is 11.8 Å². The highest BCUT2D eigenvalue weighted by molar-refractivity contribution is 7.13. The van der Waals surface area contributed by atoms with Crippen molar-refractivity contribution in [3.05, 3.63) is 62.6 Å². The Morgan fingerprint density at radius 2 is 1.73 bits per heavy atom. The third kappa shape index (κ3) is 3.59. The SMILES string of the molecule is Clc1cc(Cl)c(OCc2ccc(-c3nnc(-c4cccs4)o3)o2)c(Cl)c1. The number of hydrogen-bond donors (Lipinski definition) is 0. The Bertz CT molecular complexity index is 1020. The summed E-state index contributed by atoms with van der Waals surface area (Å²) in [4.78, 5) is 0.894. The van der Waals surface area contributed by atoms with Crippen LogP contribution in [0.2, 0.25) is 15.1 Å². The number of thiophene rings is 1. The number of benzene rings is 1. The maximum atomic E-state index is 6.10. The molecule has 3 aromatic heterocycles. The van der Waals surface area contributed by atoms with Gasteiger partial charge in [0, 0.05) is 5.02 Å². The predicted octanol–water partition coefficient (Wildman–Crippen LogP) is 6.60. The van der Waals surface area contributed by atoms with Crippen molar-refractivity contribution >= 4 is 46.1 Å². The van der Waals surface area contributed by atoms with Crippen LogP contribution < -0.4 is 4.74 Å². The van der Waals surface area contributed by atoms with E-state index in [0.29, 0.717) is 44.1 Å². The summed E-state index contributed by atoms with van der Waals surface area (Å²) in [5, 5.41) is 11.1. The minimum Gasteiger partial charge on any atom is -0.483 e. The number of ether oxygens (including phenoxy) is 1. The molecule has 0 radical (unpaired) electrons. The van der Waals surface area contributed by atoms with E-state index in [1.54, 1.807) is 24.3 Å². The van der Waals surface area contributed by atoms with E-state index in [1.165, 1.54) is 11.3 Å². The number of aromatic nitrogens is 2. The first-order chi connectivity index (χ1) is 12.6. The Labute approximate surface area is 167 Å². The third-order valence-electron chi connectivity index (χ3n) is 3.35. The van der Waals surface area contributed by atoms with Crippen molar-refractivity contribution in [2.75, 3.05) is 0 Å². The molecule has 3 heterocycles. The zero-order valence-corrected chi connectivity index (χ0v) is 16.0. The Morgan fingerprint density at radius 3 is 2.46 bits per heavy atom. The monoisotopic (exact) mass is 426 g/mol. The van der Waals surface area contributed by atoms with Crippen LogP contribution in [0, 0.1) is 0 Å². The van der Waals surface area contributed by atoms with Crippen LogP contribution in [-0.4, -0.2) is 10.2 Å². The molecule has 0 aliphatic heterocycles. The first kappa shape index (κ1) is 17.4. The normalized spacial score (nSPS) is 11.0. The van der Waals surface area contributed by atoms with Gasteiger partial charge in [-0.25, -0.2) is 0 Å². The molecule has 5 nitrogen and oxygen atoms in total. The lowest BCUT2D eigenvalue weighted by Gasteiger charge is -2.08. The molecular formula is C17H9Cl3N2O3S. The summed E-state index contributed by atoms with van der Waals surface area (Å²) < 4.78 is 17.0. The zero-order valence-electron chi connectivity index (χ0n) is 12.9. The Hall–Kier alpha value is -1.99. The van der Waals surface area contributed by atoms with E-state index in [2.05, 4.69) is 10.2 Å². The largest absolute Gasteiger partial charge is 0.483 e. The van der Waals surface area contributed by atoms with Gasteiger partial charge in [-0.15, -0.1) is 21.5 Å². The molecule has 0 saturated heterocycles. The zero-order chi connectivity index (χ0) is 18.1. The molecule has 4 rings (SSSR count). The van der Waals surface area contributed by atoms with E-state index < -0.39 is 0 Å². The molecule has 0 unspecified atom stereocenters. The fraction of sp³-hybridized carbons (Fsp3) is 0.0588. The average molecular weight is 428 g/mol. The third-order valence-corrected chi connectivity index (χ3v) is 4.99. The van der Waals surface area contributed by atoms with Crippen molar-refractivity contribution < 1.29 is 13.6 Å². The molecule has 0 fully saturated rings. The molecule has 132 valence electrons. The van der Waals surface area contributed by atoms with Gasteiger partial charge in [-0.1, -0.05) is 40.9 Å². The quantitative estimate of drug-likeness (QED) is 0.359. The van der Waals surface area contributed by atoms with E-state index in [0.717, 1.165) is 4.88 Å². The van der Waals surface area contributed by atoms with Crippen LogP contribution in [0.1, 0.15) is 5.76 Å². The van der Waals surface area contributed by atoms with Crippen LogP contribution in [0.4, 0.5) is 0 Å². The minimum absolute atomic E-state index is 0.132. The van der Waals surface area contributed by atoms with Gasteiger partial charge in [0.05, 0.1) is 14.9 Å². The Balaban J connectivity index is 1.49. The maximum absolute atomic E-state index is 6.10. The molecule has 26 heavy (non-hydrogen) atoms. The van der Waals surface area contributed by atoms with Crippen molar-refractivity contribution in [1.29, 1.82) is 0 Å².